The van der Waals surface area contributed by atoms with Gasteiger partial charge in [0.05, 0.1) is 31.1 Å². The molecular formula is C29H36ClN3O7. The summed E-state index contributed by atoms with van der Waals surface area (Å²) in [4.78, 5) is 56.2. The van der Waals surface area contributed by atoms with Crippen molar-refractivity contribution in [3.63, 3.8) is 0 Å². The highest BCUT2D eigenvalue weighted by atomic mass is 35.5. The van der Waals surface area contributed by atoms with Crippen LogP contribution in [0.15, 0.2) is 49.6 Å². The molecule has 2 bridgehead atoms. The lowest BCUT2D eigenvalue weighted by Gasteiger charge is -2.36. The molecule has 3 saturated heterocycles. The number of allylic oxidation sites excluding steroid dienone is 1. The molecule has 1 aromatic carbocycles. The minimum absolute atomic E-state index is 0.0844. The summed E-state index contributed by atoms with van der Waals surface area (Å²) in [6.07, 6.45) is 3.74. The number of carbonyl (C=O) groups is 4. The Balaban J connectivity index is 1.57. The van der Waals surface area contributed by atoms with Crippen molar-refractivity contribution in [3.8, 4) is 0 Å². The van der Waals surface area contributed by atoms with E-state index in [1.54, 1.807) is 43.3 Å². The molecule has 3 fully saturated rings. The third-order valence-electron chi connectivity index (χ3n) is 7.84. The molecule has 6 atom stereocenters. The maximum absolute atomic E-state index is 14.2. The van der Waals surface area contributed by atoms with Gasteiger partial charge in [-0.3, -0.25) is 19.2 Å². The number of rotatable bonds is 13. The van der Waals surface area contributed by atoms with Crippen LogP contribution in [-0.4, -0.2) is 83.8 Å². The molecule has 1 aromatic rings. The lowest BCUT2D eigenvalue weighted by atomic mass is 9.70. The topological polar surface area (TPSA) is 125 Å². The minimum Gasteiger partial charge on any atom is -0.460 e. The van der Waals surface area contributed by atoms with Gasteiger partial charge in [-0.25, -0.2) is 0 Å². The first-order valence-electron chi connectivity index (χ1n) is 13.5. The van der Waals surface area contributed by atoms with E-state index in [-0.39, 0.29) is 38.6 Å². The number of hydrogen-bond donors (Lipinski definition) is 2. The van der Waals surface area contributed by atoms with Crippen molar-refractivity contribution in [1.82, 2.24) is 10.2 Å². The van der Waals surface area contributed by atoms with Gasteiger partial charge >= 0.3 is 5.97 Å². The summed E-state index contributed by atoms with van der Waals surface area (Å²) in [6.45, 7) is 8.88. The zero-order valence-electron chi connectivity index (χ0n) is 22.6. The van der Waals surface area contributed by atoms with Gasteiger partial charge in [0.15, 0.2) is 0 Å². The molecule has 10 nitrogen and oxygen atoms in total. The fourth-order valence-electron chi connectivity index (χ4n) is 6.17. The molecule has 0 unspecified atom stereocenters. The number of ether oxygens (including phenoxy) is 2. The fraction of sp³-hybridized carbons (Fsp3) is 0.517. The number of aliphatic hydroxyl groups excluding tert-OH is 1. The number of nitrogens with one attached hydrogen (secondary N) is 1. The molecule has 0 aliphatic carbocycles. The molecule has 3 aliphatic rings. The molecule has 40 heavy (non-hydrogen) atoms. The first-order chi connectivity index (χ1) is 19.2. The summed E-state index contributed by atoms with van der Waals surface area (Å²) >= 11 is 6.05. The highest BCUT2D eigenvalue weighted by Gasteiger charge is 2.75. The molecular weight excluding hydrogens is 538 g/mol. The normalized spacial score (nSPS) is 27.2. The van der Waals surface area contributed by atoms with Gasteiger partial charge in [0.1, 0.15) is 17.7 Å². The summed E-state index contributed by atoms with van der Waals surface area (Å²) in [5, 5.41) is 13.0. The first kappa shape index (κ1) is 29.8. The van der Waals surface area contributed by atoms with Crippen molar-refractivity contribution in [2.45, 2.75) is 56.5 Å². The number of carbonyl (C=O) groups excluding carboxylic acids is 4. The van der Waals surface area contributed by atoms with E-state index in [1.807, 2.05) is 0 Å². The number of halogens is 1. The minimum atomic E-state index is -1.23. The number of fused-ring (bicyclic) bond motifs is 1. The lowest BCUT2D eigenvalue weighted by Crippen LogP contribution is -2.56. The summed E-state index contributed by atoms with van der Waals surface area (Å²) in [6, 6.07) is 5.70. The van der Waals surface area contributed by atoms with Crippen molar-refractivity contribution in [2.75, 3.05) is 31.1 Å². The van der Waals surface area contributed by atoms with Crippen LogP contribution in [0.1, 0.15) is 32.6 Å². The van der Waals surface area contributed by atoms with Crippen LogP contribution in [0.4, 0.5) is 5.69 Å². The van der Waals surface area contributed by atoms with Crippen LogP contribution in [0, 0.1) is 11.8 Å². The van der Waals surface area contributed by atoms with Crippen molar-refractivity contribution < 1.29 is 33.8 Å². The molecule has 216 valence electrons. The SMILES string of the molecule is C=CCCC(=O)NC[C@@H](C)OC(=O)[C@@H]1[C@H]2C(=O)N(CCO)[C@H](C(=O)N(CC=C)c3ccc(Cl)cc3)[C@]23CC[C@H]1O3. The number of esters is 1. The van der Waals surface area contributed by atoms with Crippen molar-refractivity contribution >= 4 is 41.0 Å². The Bertz CT molecular complexity index is 1160. The van der Waals surface area contributed by atoms with Crippen molar-refractivity contribution in [3.05, 3.63) is 54.6 Å². The average molecular weight is 574 g/mol. The smallest absolute Gasteiger partial charge is 0.312 e. The van der Waals surface area contributed by atoms with Gasteiger partial charge < -0.3 is 29.7 Å². The van der Waals surface area contributed by atoms with Gasteiger partial charge in [0, 0.05) is 30.2 Å². The van der Waals surface area contributed by atoms with E-state index in [0.717, 1.165) is 0 Å². The van der Waals surface area contributed by atoms with E-state index < -0.39 is 53.5 Å². The van der Waals surface area contributed by atoms with Gasteiger partial charge in [-0.2, -0.15) is 0 Å². The Hall–Kier alpha value is -3.21. The molecule has 3 heterocycles. The van der Waals surface area contributed by atoms with Crippen molar-refractivity contribution in [1.29, 1.82) is 0 Å². The molecule has 2 N–H and O–H groups in total. The number of likely N-dealkylation sites (tertiary alicyclic amines) is 1. The maximum Gasteiger partial charge on any atom is 0.312 e. The number of nitrogens with zero attached hydrogens (tertiary/aromatic N) is 2. The lowest BCUT2D eigenvalue weighted by molar-refractivity contribution is -0.159. The van der Waals surface area contributed by atoms with Crippen LogP contribution in [0.25, 0.3) is 0 Å². The Morgan fingerprint density at radius 1 is 1.30 bits per heavy atom. The van der Waals surface area contributed by atoms with Gasteiger partial charge in [0.2, 0.25) is 11.8 Å². The van der Waals surface area contributed by atoms with Crippen LogP contribution in [0.5, 0.6) is 0 Å². The Morgan fingerprint density at radius 2 is 2.02 bits per heavy atom. The summed E-state index contributed by atoms with van der Waals surface area (Å²) < 4.78 is 12.0. The average Bonchev–Trinajstić information content (AvgIpc) is 3.57. The summed E-state index contributed by atoms with van der Waals surface area (Å²) in [7, 11) is 0. The number of benzene rings is 1. The van der Waals surface area contributed by atoms with Crippen LogP contribution in [0.3, 0.4) is 0 Å². The van der Waals surface area contributed by atoms with Gasteiger partial charge in [0.25, 0.3) is 5.91 Å². The Labute approximate surface area is 238 Å². The van der Waals surface area contributed by atoms with E-state index >= 15 is 0 Å². The predicted octanol–water partition coefficient (Wildman–Crippen LogP) is 2.24. The zero-order valence-corrected chi connectivity index (χ0v) is 23.3. The first-order valence-corrected chi connectivity index (χ1v) is 13.9. The van der Waals surface area contributed by atoms with Crippen LogP contribution >= 0.6 is 11.6 Å². The summed E-state index contributed by atoms with van der Waals surface area (Å²) in [5.74, 6) is -3.42. The second-order valence-corrected chi connectivity index (χ2v) is 10.8. The summed E-state index contributed by atoms with van der Waals surface area (Å²) in [5.41, 5.74) is -0.663. The van der Waals surface area contributed by atoms with Crippen molar-refractivity contribution in [2.24, 2.45) is 11.8 Å². The molecule has 0 aromatic heterocycles. The third kappa shape index (κ3) is 5.53. The van der Waals surface area contributed by atoms with E-state index in [9.17, 15) is 24.3 Å². The zero-order chi connectivity index (χ0) is 29.0. The largest absolute Gasteiger partial charge is 0.460 e. The molecule has 11 heteroatoms. The fourth-order valence-corrected chi connectivity index (χ4v) is 6.29. The van der Waals surface area contributed by atoms with E-state index in [4.69, 9.17) is 21.1 Å². The molecule has 3 amide bonds. The quantitative estimate of drug-likeness (QED) is 0.274. The molecule has 4 rings (SSSR count). The predicted molar refractivity (Wildman–Crippen MR) is 148 cm³/mol. The van der Waals surface area contributed by atoms with Gasteiger partial charge in [-0.05, 0) is 50.5 Å². The maximum atomic E-state index is 14.2. The third-order valence-corrected chi connectivity index (χ3v) is 8.09. The van der Waals surface area contributed by atoms with Gasteiger partial charge in [-0.1, -0.05) is 23.8 Å². The molecule has 3 aliphatic heterocycles. The highest BCUT2D eigenvalue weighted by molar-refractivity contribution is 6.30. The van der Waals surface area contributed by atoms with E-state index in [2.05, 4.69) is 18.5 Å². The number of hydrogen-bond acceptors (Lipinski definition) is 7. The van der Waals surface area contributed by atoms with Crippen LogP contribution in [-0.2, 0) is 28.7 Å². The monoisotopic (exact) mass is 573 g/mol. The second kappa shape index (κ2) is 12.5. The molecule has 1 spiro atoms. The Morgan fingerprint density at radius 3 is 2.67 bits per heavy atom. The van der Waals surface area contributed by atoms with Crippen LogP contribution < -0.4 is 10.2 Å². The molecule has 0 saturated carbocycles. The van der Waals surface area contributed by atoms with Crippen LogP contribution in [0.2, 0.25) is 5.02 Å². The molecule has 0 radical (unpaired) electrons. The number of anilines is 1. The standard InChI is InChI=1S/C29H36ClN3O7/c1-4-6-7-22(35)31-17-18(3)39-28(38)23-21-12-13-29(40-21)24(23)26(36)33(15-16-34)25(29)27(37)32(14-5-2)20-10-8-19(30)9-11-20/h4-5,8-11,18,21,23-25,34H,1-2,6-7,12-17H2,3H3,(H,31,35)/t18-,21-,23+,24+,25-,29+/m1/s1. The van der Waals surface area contributed by atoms with E-state index in [0.29, 0.717) is 30.0 Å². The number of amides is 3. The number of β-amino-alcohol motifs (C(OH)–C–C–N with tert-alkyl or cyclic N) is 1. The highest BCUT2D eigenvalue weighted by Crippen LogP contribution is 2.58. The Kier molecular flexibility index (Phi) is 9.33. The second-order valence-electron chi connectivity index (χ2n) is 10.4. The number of aliphatic hydroxyl groups is 1. The van der Waals surface area contributed by atoms with Gasteiger partial charge in [-0.15, -0.1) is 13.2 Å². The van der Waals surface area contributed by atoms with E-state index in [1.165, 1.54) is 9.80 Å².